The van der Waals surface area contributed by atoms with Crippen LogP contribution < -0.4 is 5.73 Å². The van der Waals surface area contributed by atoms with Gasteiger partial charge in [-0.05, 0) is 29.5 Å². The third-order valence-corrected chi connectivity index (χ3v) is 2.99. The Balaban J connectivity index is 3.01. The fourth-order valence-corrected chi connectivity index (χ4v) is 1.84. The van der Waals surface area contributed by atoms with Crippen LogP contribution in [-0.4, -0.2) is 11.1 Å². The molecular formula is C12H16ClNO2. The third-order valence-electron chi connectivity index (χ3n) is 2.65. The van der Waals surface area contributed by atoms with Crippen molar-refractivity contribution in [2.75, 3.05) is 5.73 Å². The first-order chi connectivity index (χ1) is 7.41. The normalized spacial score (nSPS) is 12.8. The summed E-state index contributed by atoms with van der Waals surface area (Å²) in [4.78, 5) is 10.8. The summed E-state index contributed by atoms with van der Waals surface area (Å²) >= 11 is 5.83. The van der Waals surface area contributed by atoms with Gasteiger partial charge >= 0.3 is 5.97 Å². The summed E-state index contributed by atoms with van der Waals surface area (Å²) in [5.74, 6) is -0.582. The molecule has 0 saturated carbocycles. The minimum Gasteiger partial charge on any atom is -0.481 e. The van der Waals surface area contributed by atoms with Gasteiger partial charge in [0.2, 0.25) is 0 Å². The molecule has 1 atom stereocenters. The van der Waals surface area contributed by atoms with Crippen LogP contribution in [0.25, 0.3) is 0 Å². The lowest BCUT2D eigenvalue weighted by molar-refractivity contribution is -0.137. The molecule has 0 spiro atoms. The molecule has 0 aliphatic carbocycles. The van der Waals surface area contributed by atoms with E-state index in [9.17, 15) is 4.79 Å². The zero-order valence-corrected chi connectivity index (χ0v) is 10.2. The molecule has 1 aromatic rings. The van der Waals surface area contributed by atoms with Gasteiger partial charge in [-0.15, -0.1) is 0 Å². The molecule has 0 heterocycles. The van der Waals surface area contributed by atoms with Crippen LogP contribution in [0.1, 0.15) is 31.7 Å². The molecular weight excluding hydrogens is 226 g/mol. The molecule has 0 aliphatic heterocycles. The number of rotatable bonds is 4. The highest BCUT2D eigenvalue weighted by atomic mass is 35.5. The van der Waals surface area contributed by atoms with E-state index >= 15 is 0 Å². The smallest absolute Gasteiger partial charge is 0.303 e. The van der Waals surface area contributed by atoms with Crippen molar-refractivity contribution in [3.8, 4) is 0 Å². The summed E-state index contributed by atoms with van der Waals surface area (Å²) in [5, 5.41) is 9.36. The second kappa shape index (κ2) is 5.21. The van der Waals surface area contributed by atoms with Gasteiger partial charge < -0.3 is 10.8 Å². The van der Waals surface area contributed by atoms with Crippen molar-refractivity contribution in [3.63, 3.8) is 0 Å². The topological polar surface area (TPSA) is 63.3 Å². The number of halogens is 1. The van der Waals surface area contributed by atoms with E-state index in [-0.39, 0.29) is 18.3 Å². The Bertz CT molecular complexity index is 391. The van der Waals surface area contributed by atoms with E-state index in [0.717, 1.165) is 5.56 Å². The number of carboxylic acid groups (broad SMARTS) is 1. The highest BCUT2D eigenvalue weighted by molar-refractivity contribution is 6.33. The van der Waals surface area contributed by atoms with Gasteiger partial charge in [0.1, 0.15) is 0 Å². The SMILES string of the molecule is CC(C)C(CC(=O)O)c1ccc(Cl)c(N)c1. The van der Waals surface area contributed by atoms with Gasteiger partial charge in [-0.1, -0.05) is 31.5 Å². The van der Waals surface area contributed by atoms with E-state index in [1.807, 2.05) is 19.9 Å². The number of nitrogen functional groups attached to an aromatic ring is 1. The van der Waals surface area contributed by atoms with Gasteiger partial charge in [0.25, 0.3) is 0 Å². The number of aliphatic carboxylic acids is 1. The highest BCUT2D eigenvalue weighted by Crippen LogP contribution is 2.31. The van der Waals surface area contributed by atoms with Crippen LogP contribution in [0.2, 0.25) is 5.02 Å². The molecule has 0 radical (unpaired) electrons. The standard InChI is InChI=1S/C12H16ClNO2/c1-7(2)9(6-12(15)16)8-3-4-10(13)11(14)5-8/h3-5,7,9H,6,14H2,1-2H3,(H,15,16). The van der Waals surface area contributed by atoms with E-state index in [2.05, 4.69) is 0 Å². The van der Waals surface area contributed by atoms with Crippen LogP contribution in [0.5, 0.6) is 0 Å². The fraction of sp³-hybridized carbons (Fsp3) is 0.417. The van der Waals surface area contributed by atoms with Gasteiger partial charge in [-0.3, -0.25) is 4.79 Å². The van der Waals surface area contributed by atoms with Crippen LogP contribution in [0.4, 0.5) is 5.69 Å². The maximum Gasteiger partial charge on any atom is 0.303 e. The van der Waals surface area contributed by atoms with Crippen molar-refractivity contribution in [3.05, 3.63) is 28.8 Å². The quantitative estimate of drug-likeness (QED) is 0.796. The summed E-state index contributed by atoms with van der Waals surface area (Å²) < 4.78 is 0. The number of nitrogens with two attached hydrogens (primary N) is 1. The van der Waals surface area contributed by atoms with Crippen molar-refractivity contribution in [2.45, 2.75) is 26.2 Å². The second-order valence-electron chi connectivity index (χ2n) is 4.23. The minimum atomic E-state index is -0.799. The van der Waals surface area contributed by atoms with Crippen LogP contribution in [-0.2, 0) is 4.79 Å². The number of carbonyl (C=O) groups is 1. The monoisotopic (exact) mass is 241 g/mol. The largest absolute Gasteiger partial charge is 0.481 e. The van der Waals surface area contributed by atoms with Gasteiger partial charge in [-0.2, -0.15) is 0 Å². The summed E-state index contributed by atoms with van der Waals surface area (Å²) in [6, 6.07) is 5.31. The van der Waals surface area contributed by atoms with E-state index in [1.54, 1.807) is 12.1 Å². The third kappa shape index (κ3) is 3.14. The van der Waals surface area contributed by atoms with Crippen LogP contribution in [0.15, 0.2) is 18.2 Å². The number of anilines is 1. The zero-order chi connectivity index (χ0) is 12.3. The minimum absolute atomic E-state index is 0.0305. The lowest BCUT2D eigenvalue weighted by Gasteiger charge is -2.20. The van der Waals surface area contributed by atoms with Gasteiger partial charge in [0, 0.05) is 0 Å². The van der Waals surface area contributed by atoms with Crippen LogP contribution in [0, 0.1) is 5.92 Å². The molecule has 0 saturated heterocycles. The molecule has 1 unspecified atom stereocenters. The van der Waals surface area contributed by atoms with Gasteiger partial charge in [-0.25, -0.2) is 0 Å². The highest BCUT2D eigenvalue weighted by Gasteiger charge is 2.19. The molecule has 3 nitrogen and oxygen atoms in total. The molecule has 3 N–H and O–H groups in total. The van der Waals surface area contributed by atoms with Gasteiger partial charge in [0.15, 0.2) is 0 Å². The Morgan fingerprint density at radius 3 is 2.56 bits per heavy atom. The number of carboxylic acids is 1. The van der Waals surface area contributed by atoms with Crippen LogP contribution >= 0.6 is 11.6 Å². The fourth-order valence-electron chi connectivity index (χ4n) is 1.72. The van der Waals surface area contributed by atoms with Crippen LogP contribution in [0.3, 0.4) is 0 Å². The Kier molecular flexibility index (Phi) is 4.19. The van der Waals surface area contributed by atoms with Crippen molar-refractivity contribution in [1.82, 2.24) is 0 Å². The zero-order valence-electron chi connectivity index (χ0n) is 9.40. The Hall–Kier alpha value is -1.22. The van der Waals surface area contributed by atoms with Crippen molar-refractivity contribution in [2.24, 2.45) is 5.92 Å². The second-order valence-corrected chi connectivity index (χ2v) is 4.64. The van der Waals surface area contributed by atoms with Crippen molar-refractivity contribution < 1.29 is 9.90 Å². The van der Waals surface area contributed by atoms with Crippen molar-refractivity contribution >= 4 is 23.3 Å². The lowest BCUT2D eigenvalue weighted by Crippen LogP contribution is -2.12. The Morgan fingerprint density at radius 1 is 1.50 bits per heavy atom. The first kappa shape index (κ1) is 12.8. The summed E-state index contributed by atoms with van der Waals surface area (Å²) in [6.45, 7) is 4.00. The lowest BCUT2D eigenvalue weighted by atomic mass is 9.85. The molecule has 4 heteroatoms. The molecule has 1 rings (SSSR count). The molecule has 88 valence electrons. The van der Waals surface area contributed by atoms with E-state index in [1.165, 1.54) is 0 Å². The average Bonchev–Trinajstić information content (AvgIpc) is 2.18. The number of hydrogen-bond acceptors (Lipinski definition) is 2. The predicted molar refractivity (Wildman–Crippen MR) is 65.7 cm³/mol. The molecule has 0 aliphatic rings. The molecule has 16 heavy (non-hydrogen) atoms. The predicted octanol–water partition coefficient (Wildman–Crippen LogP) is 3.14. The first-order valence-corrected chi connectivity index (χ1v) is 5.56. The molecule has 0 aromatic heterocycles. The molecule has 1 aromatic carbocycles. The Labute approximate surface area is 100 Å². The summed E-state index contributed by atoms with van der Waals surface area (Å²) in [6.07, 6.45) is 0.110. The molecule has 0 bridgehead atoms. The van der Waals surface area contributed by atoms with E-state index < -0.39 is 5.97 Å². The maximum absolute atomic E-state index is 10.8. The summed E-state index contributed by atoms with van der Waals surface area (Å²) in [5.41, 5.74) is 7.14. The van der Waals surface area contributed by atoms with E-state index in [4.69, 9.17) is 22.4 Å². The summed E-state index contributed by atoms with van der Waals surface area (Å²) in [7, 11) is 0. The number of benzene rings is 1. The molecule has 0 fully saturated rings. The van der Waals surface area contributed by atoms with E-state index in [0.29, 0.717) is 10.7 Å². The molecule has 0 amide bonds. The average molecular weight is 242 g/mol. The van der Waals surface area contributed by atoms with Crippen molar-refractivity contribution in [1.29, 1.82) is 0 Å². The van der Waals surface area contributed by atoms with Gasteiger partial charge in [0.05, 0.1) is 17.1 Å². The Morgan fingerprint density at radius 2 is 2.12 bits per heavy atom. The first-order valence-electron chi connectivity index (χ1n) is 5.18. The number of hydrogen-bond donors (Lipinski definition) is 2. The maximum atomic E-state index is 10.8.